The molecule has 0 spiro atoms. The van der Waals surface area contributed by atoms with Gasteiger partial charge in [-0.1, -0.05) is 10.3 Å². The Morgan fingerprint density at radius 2 is 1.89 bits per heavy atom. The number of amides is 2. The summed E-state index contributed by atoms with van der Waals surface area (Å²) in [5, 5.41) is 10.3. The van der Waals surface area contributed by atoms with Crippen molar-refractivity contribution >= 4 is 11.7 Å². The van der Waals surface area contributed by atoms with Crippen LogP contribution in [0.25, 0.3) is 11.5 Å². The van der Waals surface area contributed by atoms with Crippen molar-refractivity contribution in [1.82, 2.24) is 15.2 Å². The molecule has 0 aliphatic carbocycles. The van der Waals surface area contributed by atoms with Crippen molar-refractivity contribution < 1.29 is 27.0 Å². The minimum absolute atomic E-state index is 0.152. The second-order valence-corrected chi connectivity index (χ2v) is 6.62. The lowest BCUT2D eigenvalue weighted by Gasteiger charge is -2.32. The van der Waals surface area contributed by atoms with Gasteiger partial charge in [0.05, 0.1) is 12.2 Å². The molecule has 1 unspecified atom stereocenters. The smallest absolute Gasteiger partial charge is 0.322 e. The van der Waals surface area contributed by atoms with E-state index >= 15 is 0 Å². The Labute approximate surface area is 157 Å². The molecule has 0 bridgehead atoms. The number of nitrogens with one attached hydrogen (secondary N) is 1. The van der Waals surface area contributed by atoms with Gasteiger partial charge in [0.1, 0.15) is 5.76 Å². The summed E-state index contributed by atoms with van der Waals surface area (Å²) >= 11 is 0. The van der Waals surface area contributed by atoms with Gasteiger partial charge in [0.2, 0.25) is 0 Å². The quantitative estimate of drug-likeness (QED) is 0.666. The van der Waals surface area contributed by atoms with E-state index in [2.05, 4.69) is 15.6 Å². The highest BCUT2D eigenvalue weighted by Crippen LogP contribution is 2.32. The molecule has 1 N–H and O–H groups in total. The molecule has 2 amide bonds. The van der Waals surface area contributed by atoms with Crippen LogP contribution in [0.3, 0.4) is 0 Å². The molecule has 0 saturated carbocycles. The predicted octanol–water partition coefficient (Wildman–Crippen LogP) is 4.03. The number of hydrogen-bond donors (Lipinski definition) is 1. The SMILES string of the molecule is Cc1cc(-c2onc3c2CN(C(=O)Nc2cc(F)c(F)c(F)c2)C(C)C3)no1. The van der Waals surface area contributed by atoms with E-state index in [4.69, 9.17) is 9.05 Å². The lowest BCUT2D eigenvalue weighted by atomic mass is 9.99. The van der Waals surface area contributed by atoms with Crippen LogP contribution in [0.5, 0.6) is 0 Å². The van der Waals surface area contributed by atoms with E-state index in [0.29, 0.717) is 34.9 Å². The standard InChI is InChI=1S/C18H15F3N4O3/c1-8-3-14-11(17(28-23-14)15-4-9(2)27-24-15)7-25(8)18(26)22-10-5-12(19)16(21)13(20)6-10/h4-6,8H,3,7H2,1-2H3,(H,22,26). The molecule has 1 aliphatic heterocycles. The second kappa shape index (κ2) is 6.70. The van der Waals surface area contributed by atoms with Gasteiger partial charge in [0.25, 0.3) is 0 Å². The van der Waals surface area contributed by atoms with Gasteiger partial charge in [0, 0.05) is 41.9 Å². The van der Waals surface area contributed by atoms with Crippen molar-refractivity contribution in [1.29, 1.82) is 0 Å². The third-order valence-electron chi connectivity index (χ3n) is 4.58. The maximum atomic E-state index is 13.4. The number of urea groups is 1. The van der Waals surface area contributed by atoms with E-state index in [1.54, 1.807) is 13.0 Å². The van der Waals surface area contributed by atoms with Crippen LogP contribution in [-0.2, 0) is 13.0 Å². The fourth-order valence-corrected chi connectivity index (χ4v) is 3.15. The highest BCUT2D eigenvalue weighted by molar-refractivity contribution is 5.89. The summed E-state index contributed by atoms with van der Waals surface area (Å²) in [5.74, 6) is -3.36. The van der Waals surface area contributed by atoms with E-state index < -0.39 is 23.5 Å². The van der Waals surface area contributed by atoms with Gasteiger partial charge in [-0.15, -0.1) is 0 Å². The van der Waals surface area contributed by atoms with Crippen molar-refractivity contribution in [3.05, 3.63) is 52.7 Å². The topological polar surface area (TPSA) is 84.4 Å². The van der Waals surface area contributed by atoms with E-state index in [-0.39, 0.29) is 18.3 Å². The first kappa shape index (κ1) is 18.1. The molecule has 3 aromatic rings. The number of carbonyl (C=O) groups is 1. The Bertz CT molecular complexity index is 1040. The second-order valence-electron chi connectivity index (χ2n) is 6.62. The van der Waals surface area contributed by atoms with Crippen molar-refractivity contribution in [3.63, 3.8) is 0 Å². The van der Waals surface area contributed by atoms with Crippen LogP contribution in [0.2, 0.25) is 0 Å². The molecule has 0 saturated heterocycles. The maximum absolute atomic E-state index is 13.4. The Kier molecular flexibility index (Phi) is 4.33. The molecule has 1 aliphatic rings. The summed E-state index contributed by atoms with van der Waals surface area (Å²) in [7, 11) is 0. The Balaban J connectivity index is 1.58. The first-order valence-corrected chi connectivity index (χ1v) is 8.46. The van der Waals surface area contributed by atoms with Crippen LogP contribution in [0.1, 0.15) is 23.9 Å². The van der Waals surface area contributed by atoms with Crippen LogP contribution >= 0.6 is 0 Å². The third-order valence-corrected chi connectivity index (χ3v) is 4.58. The third kappa shape index (κ3) is 3.10. The van der Waals surface area contributed by atoms with Gasteiger partial charge in [0.15, 0.2) is 28.9 Å². The number of anilines is 1. The van der Waals surface area contributed by atoms with Crippen LogP contribution in [-0.4, -0.2) is 27.3 Å². The first-order valence-electron chi connectivity index (χ1n) is 8.46. The molecular formula is C18H15F3N4O3. The molecule has 0 radical (unpaired) electrons. The van der Waals surface area contributed by atoms with Crippen molar-refractivity contribution in [3.8, 4) is 11.5 Å². The van der Waals surface area contributed by atoms with Crippen LogP contribution in [0.15, 0.2) is 27.2 Å². The molecule has 3 heterocycles. The van der Waals surface area contributed by atoms with Gasteiger partial charge in [-0.25, -0.2) is 18.0 Å². The number of carbonyl (C=O) groups excluding carboxylic acids is 1. The molecule has 2 aromatic heterocycles. The lowest BCUT2D eigenvalue weighted by Crippen LogP contribution is -2.44. The van der Waals surface area contributed by atoms with E-state index in [0.717, 1.165) is 12.1 Å². The van der Waals surface area contributed by atoms with E-state index in [1.165, 1.54) is 4.90 Å². The van der Waals surface area contributed by atoms with Gasteiger partial charge >= 0.3 is 6.03 Å². The first-order chi connectivity index (χ1) is 13.3. The van der Waals surface area contributed by atoms with Gasteiger partial charge < -0.3 is 19.3 Å². The van der Waals surface area contributed by atoms with Crippen LogP contribution in [0, 0.1) is 24.4 Å². The summed E-state index contributed by atoms with van der Waals surface area (Å²) in [4.78, 5) is 14.1. The molecule has 4 rings (SSSR count). The number of rotatable bonds is 2. The zero-order valence-electron chi connectivity index (χ0n) is 14.9. The fraction of sp³-hybridized carbons (Fsp3) is 0.278. The summed E-state index contributed by atoms with van der Waals surface area (Å²) in [6.07, 6.45) is 0.426. The normalized spacial score (nSPS) is 16.2. The van der Waals surface area contributed by atoms with Gasteiger partial charge in [-0.2, -0.15) is 0 Å². The molecular weight excluding hydrogens is 377 g/mol. The minimum atomic E-state index is -1.59. The fourth-order valence-electron chi connectivity index (χ4n) is 3.15. The summed E-state index contributed by atoms with van der Waals surface area (Å²) < 4.78 is 50.3. The molecule has 0 fully saturated rings. The lowest BCUT2D eigenvalue weighted by molar-refractivity contribution is 0.182. The molecule has 7 nitrogen and oxygen atoms in total. The molecule has 1 aromatic carbocycles. The number of benzene rings is 1. The Morgan fingerprint density at radius 3 is 2.54 bits per heavy atom. The number of hydrogen-bond acceptors (Lipinski definition) is 5. The molecule has 146 valence electrons. The Morgan fingerprint density at radius 1 is 1.18 bits per heavy atom. The number of halogens is 3. The number of fused-ring (bicyclic) bond motifs is 1. The van der Waals surface area contributed by atoms with Gasteiger partial charge in [-0.05, 0) is 13.8 Å². The van der Waals surface area contributed by atoms with Gasteiger partial charge in [-0.3, -0.25) is 0 Å². The minimum Gasteiger partial charge on any atom is -0.361 e. The Hall–Kier alpha value is -3.30. The largest absolute Gasteiger partial charge is 0.361 e. The zero-order valence-corrected chi connectivity index (χ0v) is 14.9. The van der Waals surface area contributed by atoms with E-state index in [1.807, 2.05) is 6.92 Å². The highest BCUT2D eigenvalue weighted by Gasteiger charge is 2.33. The molecule has 1 atom stereocenters. The van der Waals surface area contributed by atoms with Crippen molar-refractivity contribution in [2.24, 2.45) is 0 Å². The van der Waals surface area contributed by atoms with Crippen molar-refractivity contribution in [2.75, 3.05) is 5.32 Å². The van der Waals surface area contributed by atoms with Crippen LogP contribution in [0.4, 0.5) is 23.7 Å². The maximum Gasteiger partial charge on any atom is 0.322 e. The molecule has 28 heavy (non-hydrogen) atoms. The average molecular weight is 392 g/mol. The number of aromatic nitrogens is 2. The number of aryl methyl sites for hydroxylation is 1. The number of nitrogens with zero attached hydrogens (tertiary/aromatic N) is 3. The summed E-state index contributed by atoms with van der Waals surface area (Å²) in [5.41, 5.74) is 1.66. The van der Waals surface area contributed by atoms with Crippen molar-refractivity contribution in [2.45, 2.75) is 32.9 Å². The highest BCUT2D eigenvalue weighted by atomic mass is 19.2. The summed E-state index contributed by atoms with van der Waals surface area (Å²) in [6.45, 7) is 3.70. The monoisotopic (exact) mass is 392 g/mol. The van der Waals surface area contributed by atoms with E-state index in [9.17, 15) is 18.0 Å². The molecule has 10 heteroatoms. The average Bonchev–Trinajstić information content (AvgIpc) is 3.24. The zero-order chi connectivity index (χ0) is 20.0. The summed E-state index contributed by atoms with van der Waals surface area (Å²) in [6, 6.07) is 2.29. The van der Waals surface area contributed by atoms with Crippen LogP contribution < -0.4 is 5.32 Å². The predicted molar refractivity (Wildman–Crippen MR) is 90.8 cm³/mol.